The molecule has 0 aliphatic rings. The first-order valence-corrected chi connectivity index (χ1v) is 9.83. The SMILES string of the molecule is COc1ccc(C(NS(=O)(=O)/C=C/c2ccc(Cl)cc2)C(C)C)cc1. The smallest absolute Gasteiger partial charge is 0.234 e. The molecule has 1 unspecified atom stereocenters. The van der Waals surface area contributed by atoms with Gasteiger partial charge in [0.2, 0.25) is 10.0 Å². The van der Waals surface area contributed by atoms with E-state index in [-0.39, 0.29) is 12.0 Å². The summed E-state index contributed by atoms with van der Waals surface area (Å²) >= 11 is 5.83. The van der Waals surface area contributed by atoms with Gasteiger partial charge in [-0.1, -0.05) is 49.7 Å². The average molecular weight is 380 g/mol. The second-order valence-electron chi connectivity index (χ2n) is 6.01. The maximum absolute atomic E-state index is 12.4. The third-order valence-electron chi connectivity index (χ3n) is 3.74. The lowest BCUT2D eigenvalue weighted by Gasteiger charge is -2.22. The fourth-order valence-corrected chi connectivity index (χ4v) is 3.66. The molecule has 2 aromatic rings. The summed E-state index contributed by atoms with van der Waals surface area (Å²) in [7, 11) is -2.00. The number of ether oxygens (including phenoxy) is 1. The minimum atomic E-state index is -3.59. The molecule has 4 nitrogen and oxygen atoms in total. The highest BCUT2D eigenvalue weighted by molar-refractivity contribution is 7.92. The van der Waals surface area contributed by atoms with E-state index in [0.29, 0.717) is 5.02 Å². The lowest BCUT2D eigenvalue weighted by molar-refractivity contribution is 0.413. The van der Waals surface area contributed by atoms with Gasteiger partial charge in [-0.05, 0) is 47.4 Å². The number of halogens is 1. The van der Waals surface area contributed by atoms with Crippen LogP contribution in [0.3, 0.4) is 0 Å². The molecule has 25 heavy (non-hydrogen) atoms. The average Bonchev–Trinajstić information content (AvgIpc) is 2.59. The van der Waals surface area contributed by atoms with Gasteiger partial charge in [-0.25, -0.2) is 13.1 Å². The Morgan fingerprint density at radius 2 is 1.64 bits per heavy atom. The van der Waals surface area contributed by atoms with Crippen molar-refractivity contribution in [3.05, 3.63) is 70.1 Å². The summed E-state index contributed by atoms with van der Waals surface area (Å²) in [4.78, 5) is 0. The molecule has 0 heterocycles. The van der Waals surface area contributed by atoms with Gasteiger partial charge < -0.3 is 4.74 Å². The normalized spacial score (nSPS) is 13.3. The molecule has 0 radical (unpaired) electrons. The van der Waals surface area contributed by atoms with E-state index in [4.69, 9.17) is 16.3 Å². The molecule has 1 N–H and O–H groups in total. The van der Waals surface area contributed by atoms with Crippen LogP contribution in [0.5, 0.6) is 5.75 Å². The first-order valence-electron chi connectivity index (χ1n) is 7.90. The standard InChI is InChI=1S/C19H22ClNO3S/c1-14(2)19(16-6-10-18(24-3)11-7-16)21-25(22,23)13-12-15-4-8-17(20)9-5-15/h4-14,19,21H,1-3H3/b13-12+. The Labute approximate surface area is 154 Å². The first kappa shape index (κ1) is 19.5. The Morgan fingerprint density at radius 3 is 2.16 bits per heavy atom. The molecule has 1 atom stereocenters. The van der Waals surface area contributed by atoms with Gasteiger partial charge in [0.15, 0.2) is 0 Å². The summed E-state index contributed by atoms with van der Waals surface area (Å²) in [5.41, 5.74) is 1.65. The van der Waals surface area contributed by atoms with Crippen LogP contribution < -0.4 is 9.46 Å². The van der Waals surface area contributed by atoms with Gasteiger partial charge in [-0.3, -0.25) is 0 Å². The molecule has 0 aromatic heterocycles. The summed E-state index contributed by atoms with van der Waals surface area (Å²) in [6, 6.07) is 14.0. The quantitative estimate of drug-likeness (QED) is 0.762. The number of hydrogen-bond acceptors (Lipinski definition) is 3. The van der Waals surface area contributed by atoms with Crippen molar-refractivity contribution in [1.82, 2.24) is 4.72 Å². The minimum Gasteiger partial charge on any atom is -0.497 e. The predicted octanol–water partition coefficient (Wildman–Crippen LogP) is 4.64. The first-order chi connectivity index (χ1) is 11.8. The minimum absolute atomic E-state index is 0.0899. The van der Waals surface area contributed by atoms with Crippen molar-refractivity contribution < 1.29 is 13.2 Å². The van der Waals surface area contributed by atoms with Crippen molar-refractivity contribution in [2.75, 3.05) is 7.11 Å². The van der Waals surface area contributed by atoms with Crippen LogP contribution in [0.25, 0.3) is 6.08 Å². The summed E-state index contributed by atoms with van der Waals surface area (Å²) in [5.74, 6) is 0.823. The van der Waals surface area contributed by atoms with E-state index < -0.39 is 10.0 Å². The summed E-state index contributed by atoms with van der Waals surface area (Å²) < 4.78 is 32.8. The van der Waals surface area contributed by atoms with Gasteiger partial charge in [-0.2, -0.15) is 0 Å². The predicted molar refractivity (Wildman–Crippen MR) is 103 cm³/mol. The summed E-state index contributed by atoms with van der Waals surface area (Å²) in [6.07, 6.45) is 1.55. The largest absolute Gasteiger partial charge is 0.497 e. The Bertz CT molecular complexity index is 813. The van der Waals surface area contributed by atoms with Crippen LogP contribution in [0.4, 0.5) is 0 Å². The third-order valence-corrected chi connectivity index (χ3v) is 5.07. The van der Waals surface area contributed by atoms with Crippen LogP contribution in [0, 0.1) is 5.92 Å². The molecule has 134 valence electrons. The fraction of sp³-hybridized carbons (Fsp3) is 0.263. The van der Waals surface area contributed by atoms with Crippen molar-refractivity contribution in [2.24, 2.45) is 5.92 Å². The van der Waals surface area contributed by atoms with Crippen LogP contribution in [0.2, 0.25) is 5.02 Å². The maximum atomic E-state index is 12.4. The highest BCUT2D eigenvalue weighted by atomic mass is 35.5. The van der Waals surface area contributed by atoms with Crippen molar-refractivity contribution in [3.63, 3.8) is 0 Å². The van der Waals surface area contributed by atoms with E-state index in [1.807, 2.05) is 38.1 Å². The molecular formula is C19H22ClNO3S. The molecule has 0 aliphatic carbocycles. The van der Waals surface area contributed by atoms with Gasteiger partial charge in [0, 0.05) is 16.5 Å². The van der Waals surface area contributed by atoms with E-state index >= 15 is 0 Å². The Morgan fingerprint density at radius 1 is 1.04 bits per heavy atom. The number of hydrogen-bond donors (Lipinski definition) is 1. The molecular weight excluding hydrogens is 358 g/mol. The lowest BCUT2D eigenvalue weighted by atomic mass is 9.97. The van der Waals surface area contributed by atoms with E-state index in [0.717, 1.165) is 16.9 Å². The van der Waals surface area contributed by atoms with Crippen LogP contribution >= 0.6 is 11.6 Å². The summed E-state index contributed by atoms with van der Waals surface area (Å²) in [5, 5.41) is 1.78. The Balaban J connectivity index is 2.17. The molecule has 0 saturated carbocycles. The van der Waals surface area contributed by atoms with Crippen molar-refractivity contribution >= 4 is 27.7 Å². The molecule has 6 heteroatoms. The Hall–Kier alpha value is -1.82. The zero-order valence-corrected chi connectivity index (χ0v) is 16.0. The van der Waals surface area contributed by atoms with Crippen molar-refractivity contribution in [1.29, 1.82) is 0 Å². The van der Waals surface area contributed by atoms with E-state index in [1.165, 1.54) is 5.41 Å². The van der Waals surface area contributed by atoms with Crippen molar-refractivity contribution in [3.8, 4) is 5.75 Å². The topological polar surface area (TPSA) is 55.4 Å². The number of benzene rings is 2. The zero-order valence-electron chi connectivity index (χ0n) is 14.4. The van der Waals surface area contributed by atoms with Crippen LogP contribution in [-0.2, 0) is 10.0 Å². The van der Waals surface area contributed by atoms with E-state index in [9.17, 15) is 8.42 Å². The van der Waals surface area contributed by atoms with Crippen molar-refractivity contribution in [2.45, 2.75) is 19.9 Å². The molecule has 0 amide bonds. The molecule has 2 rings (SSSR count). The Kier molecular flexibility index (Phi) is 6.64. The number of rotatable bonds is 7. The van der Waals surface area contributed by atoms with Crippen LogP contribution in [-0.4, -0.2) is 15.5 Å². The summed E-state index contributed by atoms with van der Waals surface area (Å²) in [6.45, 7) is 3.95. The molecule has 0 bridgehead atoms. The van der Waals surface area contributed by atoms with Crippen LogP contribution in [0.15, 0.2) is 53.9 Å². The number of nitrogens with one attached hydrogen (secondary N) is 1. The van der Waals surface area contributed by atoms with Gasteiger partial charge in [0.05, 0.1) is 7.11 Å². The number of sulfonamides is 1. The van der Waals surface area contributed by atoms with Crippen LogP contribution in [0.1, 0.15) is 31.0 Å². The monoisotopic (exact) mass is 379 g/mol. The van der Waals surface area contributed by atoms with Gasteiger partial charge in [0.1, 0.15) is 5.75 Å². The van der Waals surface area contributed by atoms with Gasteiger partial charge in [0.25, 0.3) is 0 Å². The third kappa shape index (κ3) is 5.88. The molecule has 0 saturated heterocycles. The molecule has 0 fully saturated rings. The second kappa shape index (κ2) is 8.52. The molecule has 0 aliphatic heterocycles. The fourth-order valence-electron chi connectivity index (χ4n) is 2.36. The molecule has 2 aromatic carbocycles. The number of methoxy groups -OCH3 is 1. The zero-order chi connectivity index (χ0) is 18.4. The van der Waals surface area contributed by atoms with E-state index in [1.54, 1.807) is 37.5 Å². The van der Waals surface area contributed by atoms with Gasteiger partial charge in [-0.15, -0.1) is 0 Å². The highest BCUT2D eigenvalue weighted by Crippen LogP contribution is 2.25. The second-order valence-corrected chi connectivity index (χ2v) is 8.05. The lowest BCUT2D eigenvalue weighted by Crippen LogP contribution is -2.30. The maximum Gasteiger partial charge on any atom is 0.234 e. The van der Waals surface area contributed by atoms with E-state index in [2.05, 4.69) is 4.72 Å². The molecule has 0 spiro atoms. The highest BCUT2D eigenvalue weighted by Gasteiger charge is 2.20. The van der Waals surface area contributed by atoms with Gasteiger partial charge >= 0.3 is 0 Å².